The van der Waals surface area contributed by atoms with Gasteiger partial charge in [-0.1, -0.05) is 43.3 Å². The van der Waals surface area contributed by atoms with Crippen LogP contribution in [0.2, 0.25) is 0 Å². The maximum Gasteiger partial charge on any atom is 0.255 e. The number of rotatable bonds is 5. The number of fused-ring (bicyclic) bond motifs is 1. The predicted molar refractivity (Wildman–Crippen MR) is 87.4 cm³/mol. The van der Waals surface area contributed by atoms with Crippen molar-refractivity contribution in [2.75, 3.05) is 6.54 Å². The fourth-order valence-corrected chi connectivity index (χ4v) is 3.86. The molecule has 0 aliphatic carbocycles. The normalized spacial score (nSPS) is 16.9. The molecule has 1 aliphatic rings. The zero-order chi connectivity index (χ0) is 15.5. The number of amides is 1. The Morgan fingerprint density at radius 2 is 1.86 bits per heavy atom. The first-order valence-corrected chi connectivity index (χ1v) is 8.41. The molecule has 4 heteroatoms. The van der Waals surface area contributed by atoms with Crippen LogP contribution in [0.5, 0.6) is 0 Å². The molecule has 1 unspecified atom stereocenters. The van der Waals surface area contributed by atoms with Crippen LogP contribution in [0.3, 0.4) is 0 Å². The highest BCUT2D eigenvalue weighted by molar-refractivity contribution is 7.99. The monoisotopic (exact) mass is 315 g/mol. The van der Waals surface area contributed by atoms with Gasteiger partial charge in [0.1, 0.15) is 11.2 Å². The van der Waals surface area contributed by atoms with Crippen molar-refractivity contribution in [1.82, 2.24) is 4.90 Å². The van der Waals surface area contributed by atoms with Crippen molar-refractivity contribution in [1.29, 1.82) is 0 Å². The molecular weight excluding hydrogens is 297 g/mol. The maximum atomic E-state index is 13.1. The second-order valence-electron chi connectivity index (χ2n) is 5.36. The number of carbonyl (C=O) groups is 1. The number of carbonyl (C=O) groups excluding carboxylic acids is 1. The van der Waals surface area contributed by atoms with Gasteiger partial charge in [0.25, 0.3) is 5.91 Å². The molecule has 0 spiro atoms. The third-order valence-corrected chi connectivity index (χ3v) is 5.09. The van der Waals surface area contributed by atoms with Gasteiger partial charge in [0.2, 0.25) is 0 Å². The molecule has 114 valence electrons. The Kier molecular flexibility index (Phi) is 4.48. The topological polar surface area (TPSA) is 20.3 Å². The first-order valence-electron chi connectivity index (χ1n) is 7.53. The van der Waals surface area contributed by atoms with Crippen molar-refractivity contribution in [2.45, 2.75) is 30.0 Å². The van der Waals surface area contributed by atoms with Crippen molar-refractivity contribution in [3.8, 4) is 0 Å². The second-order valence-corrected chi connectivity index (χ2v) is 6.52. The van der Waals surface area contributed by atoms with Crippen LogP contribution >= 0.6 is 11.8 Å². The molecule has 0 saturated heterocycles. The van der Waals surface area contributed by atoms with Gasteiger partial charge in [-0.15, -0.1) is 0 Å². The average molecular weight is 315 g/mol. The number of benzene rings is 2. The molecule has 2 nitrogen and oxygen atoms in total. The molecule has 1 amide bonds. The summed E-state index contributed by atoms with van der Waals surface area (Å²) in [5.74, 6) is -0.140. The van der Waals surface area contributed by atoms with E-state index in [0.29, 0.717) is 0 Å². The van der Waals surface area contributed by atoms with Crippen LogP contribution in [0.15, 0.2) is 53.4 Å². The third-order valence-electron chi connectivity index (χ3n) is 3.82. The maximum absolute atomic E-state index is 13.1. The van der Waals surface area contributed by atoms with E-state index in [-0.39, 0.29) is 17.1 Å². The molecule has 1 atom stereocenters. The van der Waals surface area contributed by atoms with Gasteiger partial charge < -0.3 is 4.90 Å². The highest BCUT2D eigenvalue weighted by atomic mass is 32.2. The zero-order valence-electron chi connectivity index (χ0n) is 12.5. The Morgan fingerprint density at radius 3 is 2.59 bits per heavy atom. The fourth-order valence-electron chi connectivity index (χ4n) is 2.65. The van der Waals surface area contributed by atoms with E-state index in [2.05, 4.69) is 6.92 Å². The molecule has 2 aromatic carbocycles. The summed E-state index contributed by atoms with van der Waals surface area (Å²) in [6.45, 7) is 2.87. The molecule has 1 aliphatic heterocycles. The van der Waals surface area contributed by atoms with Gasteiger partial charge in [-0.05, 0) is 42.3 Å². The molecule has 0 bridgehead atoms. The molecule has 0 fully saturated rings. The highest BCUT2D eigenvalue weighted by Crippen LogP contribution is 2.44. The summed E-state index contributed by atoms with van der Waals surface area (Å²) < 4.78 is 13.1. The van der Waals surface area contributed by atoms with E-state index < -0.39 is 0 Å². The van der Waals surface area contributed by atoms with E-state index in [0.717, 1.165) is 35.4 Å². The largest absolute Gasteiger partial charge is 0.322 e. The first kappa shape index (κ1) is 15.1. The van der Waals surface area contributed by atoms with E-state index in [1.807, 2.05) is 29.2 Å². The lowest BCUT2D eigenvalue weighted by molar-refractivity contribution is 0.0771. The van der Waals surface area contributed by atoms with Gasteiger partial charge in [-0.2, -0.15) is 0 Å². The lowest BCUT2D eigenvalue weighted by Crippen LogP contribution is -2.27. The fraction of sp³-hybridized carbons (Fsp3) is 0.278. The highest BCUT2D eigenvalue weighted by Gasteiger charge is 2.36. The summed E-state index contributed by atoms with van der Waals surface area (Å²) in [5, 5.41) is -0.0271. The van der Waals surface area contributed by atoms with Crippen LogP contribution in [-0.4, -0.2) is 17.4 Å². The van der Waals surface area contributed by atoms with E-state index in [1.165, 1.54) is 12.1 Å². The molecule has 0 saturated carbocycles. The minimum absolute atomic E-state index is 0.0271. The van der Waals surface area contributed by atoms with Gasteiger partial charge in [0.15, 0.2) is 0 Å². The van der Waals surface area contributed by atoms with Crippen molar-refractivity contribution >= 4 is 17.7 Å². The van der Waals surface area contributed by atoms with Crippen LogP contribution in [0.1, 0.15) is 41.1 Å². The summed E-state index contributed by atoms with van der Waals surface area (Å²) in [5.41, 5.74) is 1.84. The smallest absolute Gasteiger partial charge is 0.255 e. The number of unbranched alkanes of at least 4 members (excludes halogenated alkanes) is 1. The van der Waals surface area contributed by atoms with Crippen molar-refractivity contribution < 1.29 is 9.18 Å². The molecular formula is C18H18FNOS. The van der Waals surface area contributed by atoms with Crippen LogP contribution < -0.4 is 0 Å². The molecule has 0 N–H and O–H groups in total. The predicted octanol–water partition coefficient (Wildman–Crippen LogP) is 4.87. The number of halogens is 1. The number of nitrogens with zero attached hydrogens (tertiary/aromatic N) is 1. The first-order chi connectivity index (χ1) is 10.7. The summed E-state index contributed by atoms with van der Waals surface area (Å²) in [6, 6.07) is 14.2. The summed E-state index contributed by atoms with van der Waals surface area (Å²) >= 11 is 1.60. The zero-order valence-corrected chi connectivity index (χ0v) is 13.3. The van der Waals surface area contributed by atoms with Crippen molar-refractivity contribution in [2.24, 2.45) is 0 Å². The second kappa shape index (κ2) is 6.53. The SMILES string of the molecule is CCCCN1C(=O)c2ccccc2C1Sc1ccc(F)cc1. The number of hydrogen-bond donors (Lipinski definition) is 0. The Bertz CT molecular complexity index is 671. The lowest BCUT2D eigenvalue weighted by atomic mass is 10.1. The minimum Gasteiger partial charge on any atom is -0.322 e. The van der Waals surface area contributed by atoms with Gasteiger partial charge in [-0.25, -0.2) is 4.39 Å². The molecule has 2 aromatic rings. The third kappa shape index (κ3) is 2.88. The standard InChI is InChI=1S/C18H18FNOS/c1-2-3-12-20-17(21)15-6-4-5-7-16(15)18(20)22-14-10-8-13(19)9-11-14/h4-11,18H,2-3,12H2,1H3. The quantitative estimate of drug-likeness (QED) is 0.784. The van der Waals surface area contributed by atoms with Crippen LogP contribution in [0.25, 0.3) is 0 Å². The van der Waals surface area contributed by atoms with Gasteiger partial charge in [0, 0.05) is 17.0 Å². The van der Waals surface area contributed by atoms with E-state index in [4.69, 9.17) is 0 Å². The van der Waals surface area contributed by atoms with Crippen molar-refractivity contribution in [3.63, 3.8) is 0 Å². The van der Waals surface area contributed by atoms with Crippen LogP contribution in [-0.2, 0) is 0 Å². The van der Waals surface area contributed by atoms with Crippen molar-refractivity contribution in [3.05, 3.63) is 65.5 Å². The molecule has 0 radical (unpaired) electrons. The summed E-state index contributed by atoms with van der Waals surface area (Å²) in [4.78, 5) is 15.5. The average Bonchev–Trinajstić information content (AvgIpc) is 2.80. The number of hydrogen-bond acceptors (Lipinski definition) is 2. The van der Waals surface area contributed by atoms with E-state index in [1.54, 1.807) is 23.9 Å². The summed E-state index contributed by atoms with van der Waals surface area (Å²) in [7, 11) is 0. The number of thioether (sulfide) groups is 1. The Labute approximate surface area is 134 Å². The van der Waals surface area contributed by atoms with Gasteiger partial charge >= 0.3 is 0 Å². The molecule has 1 heterocycles. The van der Waals surface area contributed by atoms with Crippen LogP contribution in [0, 0.1) is 5.82 Å². The van der Waals surface area contributed by atoms with E-state index in [9.17, 15) is 9.18 Å². The Morgan fingerprint density at radius 1 is 1.14 bits per heavy atom. The van der Waals surface area contributed by atoms with Crippen LogP contribution in [0.4, 0.5) is 4.39 Å². The van der Waals surface area contributed by atoms with E-state index >= 15 is 0 Å². The summed E-state index contributed by atoms with van der Waals surface area (Å²) in [6.07, 6.45) is 2.04. The lowest BCUT2D eigenvalue weighted by Gasteiger charge is -2.24. The molecule has 3 rings (SSSR count). The molecule has 22 heavy (non-hydrogen) atoms. The Hall–Kier alpha value is -1.81. The van der Waals surface area contributed by atoms with Gasteiger partial charge in [0.05, 0.1) is 0 Å². The van der Waals surface area contributed by atoms with Gasteiger partial charge in [-0.3, -0.25) is 4.79 Å². The Balaban J connectivity index is 1.90. The molecule has 0 aromatic heterocycles. The minimum atomic E-state index is -0.241.